The lowest BCUT2D eigenvalue weighted by Gasteiger charge is -2.42. The standard InChI is InChI=1S/C13H23N3O2.ClH/c14-10-4-1-3-9(10)7-12(18)16-13(5-2-6-13)8-11(15)17;/h9-10H,1-8,14H2,(H2,15,17)(H,16,18);1H/t9-,10+;/m0./s1. The van der Waals surface area contributed by atoms with E-state index in [2.05, 4.69) is 5.32 Å². The molecule has 2 fully saturated rings. The van der Waals surface area contributed by atoms with Gasteiger partial charge in [-0.2, -0.15) is 0 Å². The highest BCUT2D eigenvalue weighted by Crippen LogP contribution is 2.35. The summed E-state index contributed by atoms with van der Waals surface area (Å²) in [6.07, 6.45) is 6.69. The van der Waals surface area contributed by atoms with Crippen LogP contribution in [0.15, 0.2) is 0 Å². The maximum atomic E-state index is 12.0. The zero-order valence-electron chi connectivity index (χ0n) is 11.2. The predicted octanol–water partition coefficient (Wildman–Crippen LogP) is 0.840. The summed E-state index contributed by atoms with van der Waals surface area (Å²) in [6.45, 7) is 0. The smallest absolute Gasteiger partial charge is 0.220 e. The second kappa shape index (κ2) is 6.57. The third-order valence-electron chi connectivity index (χ3n) is 4.39. The Morgan fingerprint density at radius 3 is 2.32 bits per heavy atom. The Morgan fingerprint density at radius 2 is 1.89 bits per heavy atom. The fourth-order valence-corrected chi connectivity index (χ4v) is 3.19. The number of nitrogens with two attached hydrogens (primary N) is 2. The van der Waals surface area contributed by atoms with Crippen LogP contribution in [0.1, 0.15) is 51.4 Å². The molecule has 2 aliphatic carbocycles. The Balaban J connectivity index is 0.00000180. The van der Waals surface area contributed by atoms with E-state index >= 15 is 0 Å². The van der Waals surface area contributed by atoms with Gasteiger partial charge in [-0.25, -0.2) is 0 Å². The van der Waals surface area contributed by atoms with Gasteiger partial charge >= 0.3 is 0 Å². The molecule has 2 rings (SSSR count). The first-order valence-corrected chi connectivity index (χ1v) is 6.86. The minimum atomic E-state index is -0.356. The molecule has 0 heterocycles. The molecule has 0 bridgehead atoms. The zero-order valence-corrected chi connectivity index (χ0v) is 12.0. The van der Waals surface area contributed by atoms with E-state index in [0.717, 1.165) is 38.5 Å². The average molecular weight is 290 g/mol. The molecule has 0 unspecified atom stereocenters. The van der Waals surface area contributed by atoms with E-state index < -0.39 is 0 Å². The van der Waals surface area contributed by atoms with Gasteiger partial charge in [-0.15, -0.1) is 12.4 Å². The predicted molar refractivity (Wildman–Crippen MR) is 75.7 cm³/mol. The van der Waals surface area contributed by atoms with Crippen molar-refractivity contribution in [3.8, 4) is 0 Å². The van der Waals surface area contributed by atoms with Crippen molar-refractivity contribution in [2.24, 2.45) is 17.4 Å². The molecule has 0 spiro atoms. The van der Waals surface area contributed by atoms with Crippen molar-refractivity contribution < 1.29 is 9.59 Å². The molecular weight excluding hydrogens is 266 g/mol. The zero-order chi connectivity index (χ0) is 13.2. The van der Waals surface area contributed by atoms with Gasteiger partial charge in [0, 0.05) is 24.4 Å². The number of halogens is 1. The summed E-state index contributed by atoms with van der Waals surface area (Å²) in [4.78, 5) is 23.1. The van der Waals surface area contributed by atoms with Crippen LogP contribution in [0.25, 0.3) is 0 Å². The van der Waals surface area contributed by atoms with E-state index in [1.54, 1.807) is 0 Å². The van der Waals surface area contributed by atoms with Gasteiger partial charge in [-0.3, -0.25) is 9.59 Å². The van der Waals surface area contributed by atoms with Crippen LogP contribution in [-0.4, -0.2) is 23.4 Å². The first-order valence-electron chi connectivity index (χ1n) is 6.86. The Labute approximate surface area is 120 Å². The fraction of sp³-hybridized carbons (Fsp3) is 0.846. The van der Waals surface area contributed by atoms with Crippen LogP contribution in [0.5, 0.6) is 0 Å². The summed E-state index contributed by atoms with van der Waals surface area (Å²) < 4.78 is 0. The highest BCUT2D eigenvalue weighted by molar-refractivity contribution is 5.85. The lowest BCUT2D eigenvalue weighted by atomic mass is 9.74. The highest BCUT2D eigenvalue weighted by Gasteiger charge is 2.40. The molecule has 2 amide bonds. The van der Waals surface area contributed by atoms with Crippen LogP contribution < -0.4 is 16.8 Å². The van der Waals surface area contributed by atoms with Crippen LogP contribution >= 0.6 is 12.4 Å². The number of carbonyl (C=O) groups excluding carboxylic acids is 2. The fourth-order valence-electron chi connectivity index (χ4n) is 3.19. The third kappa shape index (κ3) is 4.08. The van der Waals surface area contributed by atoms with Crippen molar-refractivity contribution in [3.63, 3.8) is 0 Å². The van der Waals surface area contributed by atoms with E-state index in [0.29, 0.717) is 12.3 Å². The molecule has 0 aromatic carbocycles. The lowest BCUT2D eigenvalue weighted by Crippen LogP contribution is -2.55. The summed E-state index contributed by atoms with van der Waals surface area (Å²) in [7, 11) is 0. The number of nitrogens with one attached hydrogen (secondary N) is 1. The molecule has 0 radical (unpaired) electrons. The van der Waals surface area contributed by atoms with Crippen molar-refractivity contribution in [3.05, 3.63) is 0 Å². The molecule has 5 nitrogen and oxygen atoms in total. The summed E-state index contributed by atoms with van der Waals surface area (Å²) in [5, 5.41) is 3.01. The average Bonchev–Trinajstić information content (AvgIpc) is 2.60. The lowest BCUT2D eigenvalue weighted by molar-refractivity contribution is -0.127. The number of rotatable bonds is 5. The van der Waals surface area contributed by atoms with Crippen LogP contribution in [-0.2, 0) is 9.59 Å². The molecule has 0 saturated heterocycles. The van der Waals surface area contributed by atoms with Gasteiger partial charge in [0.2, 0.25) is 11.8 Å². The maximum absolute atomic E-state index is 12.0. The van der Waals surface area contributed by atoms with Crippen molar-refractivity contribution in [1.29, 1.82) is 0 Å². The second-order valence-electron chi connectivity index (χ2n) is 5.88. The van der Waals surface area contributed by atoms with Crippen molar-refractivity contribution in [1.82, 2.24) is 5.32 Å². The van der Waals surface area contributed by atoms with E-state index in [4.69, 9.17) is 11.5 Å². The van der Waals surface area contributed by atoms with Gasteiger partial charge in [-0.05, 0) is 38.0 Å². The number of primary amides is 1. The van der Waals surface area contributed by atoms with Crippen molar-refractivity contribution >= 4 is 24.2 Å². The van der Waals surface area contributed by atoms with E-state index in [9.17, 15) is 9.59 Å². The maximum Gasteiger partial charge on any atom is 0.220 e. The summed E-state index contributed by atoms with van der Waals surface area (Å²) >= 11 is 0. The van der Waals surface area contributed by atoms with Crippen molar-refractivity contribution in [2.45, 2.75) is 62.9 Å². The Morgan fingerprint density at radius 1 is 1.21 bits per heavy atom. The van der Waals surface area contributed by atoms with Gasteiger partial charge in [0.25, 0.3) is 0 Å². The topological polar surface area (TPSA) is 98.2 Å². The van der Waals surface area contributed by atoms with Crippen LogP contribution in [0, 0.1) is 5.92 Å². The quantitative estimate of drug-likeness (QED) is 0.699. The Bertz CT molecular complexity index is 345. The number of hydrogen-bond donors (Lipinski definition) is 3. The van der Waals surface area contributed by atoms with Gasteiger partial charge in [0.05, 0.1) is 0 Å². The monoisotopic (exact) mass is 289 g/mol. The molecule has 0 aromatic heterocycles. The van der Waals surface area contributed by atoms with E-state index in [1.165, 1.54) is 0 Å². The molecule has 5 N–H and O–H groups in total. The van der Waals surface area contributed by atoms with Crippen LogP contribution in [0.3, 0.4) is 0 Å². The normalized spacial score (nSPS) is 28.1. The molecule has 0 aliphatic heterocycles. The first kappa shape index (κ1) is 16.2. The number of amides is 2. The minimum absolute atomic E-state index is 0. The van der Waals surface area contributed by atoms with Crippen LogP contribution in [0.4, 0.5) is 0 Å². The molecule has 2 atom stereocenters. The molecule has 0 aromatic rings. The molecule has 2 saturated carbocycles. The first-order chi connectivity index (χ1) is 8.51. The molecule has 110 valence electrons. The summed E-state index contributed by atoms with van der Waals surface area (Å²) in [5.41, 5.74) is 10.8. The molecular formula is C13H24ClN3O2. The number of hydrogen-bond acceptors (Lipinski definition) is 3. The SMILES string of the molecule is Cl.NC(=O)CC1(NC(=O)C[C@@H]2CCC[C@H]2N)CCC1. The summed E-state index contributed by atoms with van der Waals surface area (Å²) in [5.74, 6) is -0.0124. The molecule has 6 heteroatoms. The van der Waals surface area contributed by atoms with E-state index in [1.807, 2.05) is 0 Å². The Kier molecular flexibility index (Phi) is 5.62. The Hall–Kier alpha value is -0.810. The van der Waals surface area contributed by atoms with Crippen LogP contribution in [0.2, 0.25) is 0 Å². The summed E-state index contributed by atoms with van der Waals surface area (Å²) in [6, 6.07) is 0.157. The van der Waals surface area contributed by atoms with Gasteiger partial charge in [-0.1, -0.05) is 6.42 Å². The van der Waals surface area contributed by atoms with Gasteiger partial charge in [0.15, 0.2) is 0 Å². The second-order valence-corrected chi connectivity index (χ2v) is 5.88. The number of carbonyl (C=O) groups is 2. The van der Waals surface area contributed by atoms with E-state index in [-0.39, 0.29) is 42.2 Å². The molecule has 2 aliphatic rings. The largest absolute Gasteiger partial charge is 0.370 e. The highest BCUT2D eigenvalue weighted by atomic mass is 35.5. The third-order valence-corrected chi connectivity index (χ3v) is 4.39. The van der Waals surface area contributed by atoms with Crippen molar-refractivity contribution in [2.75, 3.05) is 0 Å². The molecule has 19 heavy (non-hydrogen) atoms. The van der Waals surface area contributed by atoms with Gasteiger partial charge in [0.1, 0.15) is 0 Å². The van der Waals surface area contributed by atoms with Gasteiger partial charge < -0.3 is 16.8 Å². The minimum Gasteiger partial charge on any atom is -0.370 e.